The second kappa shape index (κ2) is 9.23. The fourth-order valence-electron chi connectivity index (χ4n) is 3.28. The molecule has 0 aliphatic carbocycles. The van der Waals surface area contributed by atoms with Gasteiger partial charge in [-0.15, -0.1) is 0 Å². The monoisotopic (exact) mass is 355 g/mol. The van der Waals surface area contributed by atoms with Crippen LogP contribution in [0.5, 0.6) is 0 Å². The summed E-state index contributed by atoms with van der Waals surface area (Å²) in [6.45, 7) is 8.29. The maximum atomic E-state index is 3.86. The van der Waals surface area contributed by atoms with Gasteiger partial charge in [0.05, 0.1) is 0 Å². The summed E-state index contributed by atoms with van der Waals surface area (Å²) in [5.41, 5.74) is 7.42. The zero-order valence-electron chi connectivity index (χ0n) is 16.5. The van der Waals surface area contributed by atoms with Gasteiger partial charge in [0, 0.05) is 17.1 Å². The van der Waals surface area contributed by atoms with E-state index in [2.05, 4.69) is 98.1 Å². The normalized spacial score (nSPS) is 10.6. The SMILES string of the molecule is C=Cc1ccc(N(c2ccc(CC)cc2)c2ccc(CCCC)cc2)cc1. The minimum atomic E-state index is 1.06. The van der Waals surface area contributed by atoms with Crippen LogP contribution in [0.4, 0.5) is 17.1 Å². The molecular formula is C26H29N. The molecule has 1 heteroatoms. The topological polar surface area (TPSA) is 3.24 Å². The van der Waals surface area contributed by atoms with E-state index in [1.54, 1.807) is 0 Å². The third-order valence-corrected chi connectivity index (χ3v) is 5.00. The Morgan fingerprint density at radius 3 is 1.63 bits per heavy atom. The van der Waals surface area contributed by atoms with Gasteiger partial charge >= 0.3 is 0 Å². The van der Waals surface area contributed by atoms with Crippen molar-refractivity contribution in [1.29, 1.82) is 0 Å². The van der Waals surface area contributed by atoms with Crippen LogP contribution in [-0.4, -0.2) is 0 Å². The molecule has 0 unspecified atom stereocenters. The zero-order chi connectivity index (χ0) is 19.1. The van der Waals surface area contributed by atoms with E-state index in [4.69, 9.17) is 0 Å². The highest BCUT2D eigenvalue weighted by molar-refractivity contribution is 5.77. The fraction of sp³-hybridized carbons (Fsp3) is 0.231. The van der Waals surface area contributed by atoms with Crippen molar-refractivity contribution in [1.82, 2.24) is 0 Å². The molecule has 0 saturated carbocycles. The summed E-state index contributed by atoms with van der Waals surface area (Å²) in [5, 5.41) is 0. The maximum absolute atomic E-state index is 3.86. The van der Waals surface area contributed by atoms with E-state index in [1.807, 2.05) is 6.08 Å². The standard InChI is InChI=1S/C26H29N/c1-4-7-8-23-13-19-26(20-14-23)27(24-15-9-21(5-2)10-16-24)25-17-11-22(6-3)12-18-25/h5,9-20H,2,4,6-8H2,1,3H3. The first kappa shape index (κ1) is 19.0. The molecule has 0 aliphatic rings. The summed E-state index contributed by atoms with van der Waals surface area (Å²) in [6.07, 6.45) is 6.56. The molecular weight excluding hydrogens is 326 g/mol. The summed E-state index contributed by atoms with van der Waals surface area (Å²) in [6, 6.07) is 26.4. The van der Waals surface area contributed by atoms with Crippen LogP contribution in [0.1, 0.15) is 43.4 Å². The Bertz CT molecular complexity index is 842. The molecule has 3 aromatic rings. The quantitative estimate of drug-likeness (QED) is 0.400. The van der Waals surface area contributed by atoms with Crippen LogP contribution < -0.4 is 4.90 Å². The number of rotatable bonds is 8. The molecule has 0 fully saturated rings. The van der Waals surface area contributed by atoms with Gasteiger partial charge < -0.3 is 4.90 Å². The lowest BCUT2D eigenvalue weighted by Gasteiger charge is -2.26. The second-order valence-corrected chi connectivity index (χ2v) is 6.92. The van der Waals surface area contributed by atoms with Gasteiger partial charge in [0.15, 0.2) is 0 Å². The Hall–Kier alpha value is -2.80. The van der Waals surface area contributed by atoms with Crippen LogP contribution in [0.2, 0.25) is 0 Å². The lowest BCUT2D eigenvalue weighted by atomic mass is 10.1. The fourth-order valence-corrected chi connectivity index (χ4v) is 3.28. The highest BCUT2D eigenvalue weighted by Crippen LogP contribution is 2.35. The van der Waals surface area contributed by atoms with E-state index >= 15 is 0 Å². The Morgan fingerprint density at radius 1 is 0.704 bits per heavy atom. The molecule has 1 nitrogen and oxygen atoms in total. The number of aryl methyl sites for hydroxylation is 2. The first-order valence-electron chi connectivity index (χ1n) is 9.95. The van der Waals surface area contributed by atoms with Crippen LogP contribution in [0.15, 0.2) is 79.4 Å². The van der Waals surface area contributed by atoms with Crippen molar-refractivity contribution in [3.8, 4) is 0 Å². The van der Waals surface area contributed by atoms with Crippen molar-refractivity contribution >= 4 is 23.1 Å². The Kier molecular flexibility index (Phi) is 6.49. The van der Waals surface area contributed by atoms with Crippen LogP contribution in [-0.2, 0) is 12.8 Å². The lowest BCUT2D eigenvalue weighted by molar-refractivity contribution is 0.795. The molecule has 0 saturated heterocycles. The summed E-state index contributed by atoms with van der Waals surface area (Å²) in [7, 11) is 0. The van der Waals surface area contributed by atoms with E-state index in [9.17, 15) is 0 Å². The molecule has 0 spiro atoms. The van der Waals surface area contributed by atoms with Gasteiger partial charge in [-0.25, -0.2) is 0 Å². The van der Waals surface area contributed by atoms with E-state index in [0.717, 1.165) is 24.1 Å². The highest BCUT2D eigenvalue weighted by Gasteiger charge is 2.12. The van der Waals surface area contributed by atoms with Gasteiger partial charge in [0.25, 0.3) is 0 Å². The van der Waals surface area contributed by atoms with Crippen LogP contribution >= 0.6 is 0 Å². The molecule has 0 radical (unpaired) electrons. The predicted octanol–water partition coefficient (Wildman–Crippen LogP) is 7.70. The van der Waals surface area contributed by atoms with Crippen LogP contribution in [0.25, 0.3) is 6.08 Å². The number of hydrogen-bond donors (Lipinski definition) is 0. The molecule has 0 aliphatic heterocycles. The molecule has 0 bridgehead atoms. The van der Waals surface area contributed by atoms with Gasteiger partial charge in [-0.2, -0.15) is 0 Å². The van der Waals surface area contributed by atoms with E-state index < -0.39 is 0 Å². The van der Waals surface area contributed by atoms with Gasteiger partial charge in [0.2, 0.25) is 0 Å². The van der Waals surface area contributed by atoms with E-state index in [-0.39, 0.29) is 0 Å². The molecule has 3 rings (SSSR count). The lowest BCUT2D eigenvalue weighted by Crippen LogP contribution is -2.10. The Labute approximate surface area is 164 Å². The first-order chi connectivity index (χ1) is 13.2. The molecule has 0 atom stereocenters. The third-order valence-electron chi connectivity index (χ3n) is 5.00. The number of hydrogen-bond acceptors (Lipinski definition) is 1. The molecule has 0 N–H and O–H groups in total. The van der Waals surface area contributed by atoms with Crippen molar-refractivity contribution in [3.63, 3.8) is 0 Å². The molecule has 27 heavy (non-hydrogen) atoms. The minimum Gasteiger partial charge on any atom is -0.311 e. The maximum Gasteiger partial charge on any atom is 0.0462 e. The number of unbranched alkanes of at least 4 members (excludes halogenated alkanes) is 1. The minimum absolute atomic E-state index is 1.06. The largest absolute Gasteiger partial charge is 0.311 e. The number of nitrogens with zero attached hydrogens (tertiary/aromatic N) is 1. The highest BCUT2D eigenvalue weighted by atomic mass is 15.1. The van der Waals surface area contributed by atoms with Gasteiger partial charge in [-0.1, -0.05) is 69.3 Å². The third kappa shape index (κ3) is 4.68. The summed E-state index contributed by atoms with van der Waals surface area (Å²) in [5.74, 6) is 0. The van der Waals surface area contributed by atoms with E-state index in [0.29, 0.717) is 0 Å². The van der Waals surface area contributed by atoms with Crippen molar-refractivity contribution in [2.24, 2.45) is 0 Å². The van der Waals surface area contributed by atoms with Gasteiger partial charge in [0.1, 0.15) is 0 Å². The Balaban J connectivity index is 1.98. The van der Waals surface area contributed by atoms with Gasteiger partial charge in [-0.05, 0) is 72.4 Å². The average molecular weight is 356 g/mol. The van der Waals surface area contributed by atoms with Crippen LogP contribution in [0, 0.1) is 0 Å². The average Bonchev–Trinajstić information content (AvgIpc) is 2.74. The smallest absolute Gasteiger partial charge is 0.0462 e. The van der Waals surface area contributed by atoms with Gasteiger partial charge in [-0.3, -0.25) is 0 Å². The van der Waals surface area contributed by atoms with Crippen molar-refractivity contribution in [2.45, 2.75) is 39.5 Å². The van der Waals surface area contributed by atoms with Crippen molar-refractivity contribution in [2.75, 3.05) is 4.90 Å². The molecule has 3 aromatic carbocycles. The molecule has 0 amide bonds. The zero-order valence-corrected chi connectivity index (χ0v) is 16.5. The molecule has 0 heterocycles. The molecule has 0 aromatic heterocycles. The second-order valence-electron chi connectivity index (χ2n) is 6.92. The van der Waals surface area contributed by atoms with Crippen molar-refractivity contribution in [3.05, 3.63) is 96.1 Å². The van der Waals surface area contributed by atoms with E-state index in [1.165, 1.54) is 35.3 Å². The van der Waals surface area contributed by atoms with Crippen LogP contribution in [0.3, 0.4) is 0 Å². The number of anilines is 3. The predicted molar refractivity (Wildman–Crippen MR) is 119 cm³/mol. The molecule has 138 valence electrons. The first-order valence-corrected chi connectivity index (χ1v) is 9.95. The number of benzene rings is 3. The summed E-state index contributed by atoms with van der Waals surface area (Å²) in [4.78, 5) is 2.32. The van der Waals surface area contributed by atoms with Crippen molar-refractivity contribution < 1.29 is 0 Å². The Morgan fingerprint density at radius 2 is 1.19 bits per heavy atom. The summed E-state index contributed by atoms with van der Waals surface area (Å²) >= 11 is 0. The summed E-state index contributed by atoms with van der Waals surface area (Å²) < 4.78 is 0.